The van der Waals surface area contributed by atoms with E-state index >= 15 is 0 Å². The van der Waals surface area contributed by atoms with E-state index in [0.717, 1.165) is 22.2 Å². The average molecular weight is 304 g/mol. The first-order chi connectivity index (χ1) is 11.3. The fourth-order valence-corrected chi connectivity index (χ4v) is 2.85. The lowest BCUT2D eigenvalue weighted by Crippen LogP contribution is -2.28. The summed E-state index contributed by atoms with van der Waals surface area (Å²) in [6, 6.07) is 12.1. The molecule has 1 N–H and O–H groups in total. The number of rotatable bonds is 0. The Morgan fingerprint density at radius 2 is 1.61 bits per heavy atom. The van der Waals surface area contributed by atoms with E-state index in [1.165, 1.54) is 5.17 Å². The summed E-state index contributed by atoms with van der Waals surface area (Å²) in [5.74, 6) is 0.862. The van der Waals surface area contributed by atoms with Gasteiger partial charge in [-0.25, -0.2) is 4.98 Å². The van der Waals surface area contributed by atoms with E-state index in [0.29, 0.717) is 28.8 Å². The zero-order chi connectivity index (χ0) is 15.0. The number of oxazole rings is 2. The molecule has 7 heteroatoms. The molecule has 4 heterocycles. The third-order valence-corrected chi connectivity index (χ3v) is 3.99. The minimum Gasteiger partial charge on any atom is -0.433 e. The largest absolute Gasteiger partial charge is 0.433 e. The van der Waals surface area contributed by atoms with Gasteiger partial charge in [-0.05, 0) is 35.4 Å². The van der Waals surface area contributed by atoms with E-state index in [1.807, 2.05) is 36.4 Å². The van der Waals surface area contributed by atoms with Crippen molar-refractivity contribution < 1.29 is 13.7 Å². The number of nitrogens with zero attached hydrogens (tertiary/aromatic N) is 3. The molecule has 0 unspecified atom stereocenters. The minimum absolute atomic E-state index is 0.313. The number of aromatic nitrogens is 2. The molecule has 2 aliphatic heterocycles. The van der Waals surface area contributed by atoms with Gasteiger partial charge in [0.1, 0.15) is 11.0 Å². The highest BCUT2D eigenvalue weighted by atomic mass is 16.7. The number of fused-ring (bicyclic) bond motifs is 9. The Morgan fingerprint density at radius 3 is 2.43 bits per heavy atom. The van der Waals surface area contributed by atoms with Crippen LogP contribution in [0.4, 0.5) is 6.01 Å². The molecule has 8 bridgehead atoms. The van der Waals surface area contributed by atoms with Crippen molar-refractivity contribution >= 4 is 34.0 Å². The predicted molar refractivity (Wildman–Crippen MR) is 81.7 cm³/mol. The molecule has 0 amide bonds. The van der Waals surface area contributed by atoms with Gasteiger partial charge in [0.05, 0.1) is 6.20 Å². The van der Waals surface area contributed by atoms with Crippen LogP contribution >= 0.6 is 0 Å². The number of hydrogen-bond acceptors (Lipinski definition) is 7. The molecular formula is C16H8N4O3. The minimum atomic E-state index is 0.313. The Labute approximate surface area is 128 Å². The van der Waals surface area contributed by atoms with E-state index in [2.05, 4.69) is 15.4 Å². The van der Waals surface area contributed by atoms with Crippen molar-refractivity contribution in [2.75, 3.05) is 5.17 Å². The molecule has 0 spiro atoms. The van der Waals surface area contributed by atoms with E-state index in [9.17, 15) is 0 Å². The SMILES string of the molecule is C1=C2ON(N1)c1nc3ccc(cc3o1)-c1ccc3nc2oc3c1. The van der Waals surface area contributed by atoms with Crippen LogP contribution in [0.25, 0.3) is 39.1 Å². The van der Waals surface area contributed by atoms with Gasteiger partial charge in [0.15, 0.2) is 11.2 Å². The highest BCUT2D eigenvalue weighted by molar-refractivity contribution is 5.86. The Balaban J connectivity index is 1.73. The Bertz CT molecular complexity index is 1140. The Kier molecular flexibility index (Phi) is 1.76. The van der Waals surface area contributed by atoms with Crippen molar-refractivity contribution in [2.45, 2.75) is 0 Å². The smallest absolute Gasteiger partial charge is 0.353 e. The topological polar surface area (TPSA) is 76.6 Å². The number of nitrogens with one attached hydrogen (secondary N) is 1. The standard InChI is InChI=1S/C16H8N4O3/c1-3-10-12-5-8(1)9-2-4-11-13(6-9)22-16(19-11)20-17-7-14(23-20)15(18-10)21-12/h1-7,17H. The number of hydrazine groups is 1. The lowest BCUT2D eigenvalue weighted by molar-refractivity contribution is 0.215. The van der Waals surface area contributed by atoms with Gasteiger partial charge in [0.25, 0.3) is 5.89 Å². The second kappa shape index (κ2) is 3.64. The summed E-state index contributed by atoms with van der Waals surface area (Å²) in [4.78, 5) is 14.5. The molecule has 0 aliphatic carbocycles. The molecule has 2 aromatic heterocycles. The third kappa shape index (κ3) is 1.43. The quantitative estimate of drug-likeness (QED) is 0.534. The molecule has 0 saturated carbocycles. The van der Waals surface area contributed by atoms with Crippen molar-refractivity contribution in [1.82, 2.24) is 15.4 Å². The zero-order valence-corrected chi connectivity index (χ0v) is 11.6. The van der Waals surface area contributed by atoms with Gasteiger partial charge >= 0.3 is 6.01 Å². The summed E-state index contributed by atoms with van der Waals surface area (Å²) < 4.78 is 11.6. The van der Waals surface area contributed by atoms with Gasteiger partial charge in [0.2, 0.25) is 5.76 Å². The summed E-state index contributed by atoms with van der Waals surface area (Å²) >= 11 is 0. The first-order valence-electron chi connectivity index (χ1n) is 7.10. The fraction of sp³-hybridized carbons (Fsp3) is 0. The maximum atomic E-state index is 5.82. The summed E-state index contributed by atoms with van der Waals surface area (Å²) in [6.07, 6.45) is 1.65. The Morgan fingerprint density at radius 1 is 0.870 bits per heavy atom. The summed E-state index contributed by atoms with van der Waals surface area (Å²) in [5, 5.41) is 1.34. The van der Waals surface area contributed by atoms with E-state index in [1.54, 1.807) is 6.20 Å². The molecule has 4 aromatic rings. The van der Waals surface area contributed by atoms with Gasteiger partial charge in [-0.1, -0.05) is 17.3 Å². The lowest BCUT2D eigenvalue weighted by atomic mass is 10.1. The lowest BCUT2D eigenvalue weighted by Gasteiger charge is -2.11. The van der Waals surface area contributed by atoms with Crippen LogP contribution in [0.2, 0.25) is 0 Å². The van der Waals surface area contributed by atoms with Crippen LogP contribution in [0.15, 0.2) is 51.4 Å². The van der Waals surface area contributed by atoms with Crippen molar-refractivity contribution in [3.63, 3.8) is 0 Å². The molecule has 0 fully saturated rings. The van der Waals surface area contributed by atoms with E-state index < -0.39 is 0 Å². The first kappa shape index (κ1) is 11.1. The maximum absolute atomic E-state index is 5.82. The van der Waals surface area contributed by atoms with Crippen LogP contribution in [-0.4, -0.2) is 9.97 Å². The number of benzene rings is 2. The summed E-state index contributed by atoms with van der Waals surface area (Å²) in [7, 11) is 0. The van der Waals surface area contributed by atoms with Crippen LogP contribution < -0.4 is 10.6 Å². The fourth-order valence-electron chi connectivity index (χ4n) is 2.85. The van der Waals surface area contributed by atoms with Gasteiger partial charge in [-0.15, -0.1) is 0 Å². The summed E-state index contributed by atoms with van der Waals surface area (Å²) in [6.45, 7) is 0. The Hall–Kier alpha value is -3.48. The van der Waals surface area contributed by atoms with E-state index in [4.69, 9.17) is 13.7 Å². The molecule has 2 aromatic carbocycles. The maximum Gasteiger partial charge on any atom is 0.353 e. The first-order valence-corrected chi connectivity index (χ1v) is 7.10. The van der Waals surface area contributed by atoms with Crippen molar-refractivity contribution in [3.8, 4) is 11.1 Å². The van der Waals surface area contributed by atoms with Gasteiger partial charge in [0, 0.05) is 0 Å². The van der Waals surface area contributed by atoms with Crippen LogP contribution in [0.1, 0.15) is 5.89 Å². The highest BCUT2D eigenvalue weighted by Crippen LogP contribution is 2.33. The molecule has 0 saturated heterocycles. The zero-order valence-electron chi connectivity index (χ0n) is 11.6. The monoisotopic (exact) mass is 304 g/mol. The molecule has 0 atom stereocenters. The van der Waals surface area contributed by atoms with Gasteiger partial charge < -0.3 is 13.7 Å². The predicted octanol–water partition coefficient (Wildman–Crippen LogP) is 3.20. The van der Waals surface area contributed by atoms with Crippen LogP contribution in [-0.2, 0) is 4.84 Å². The second-order valence-corrected chi connectivity index (χ2v) is 5.40. The molecule has 6 rings (SSSR count). The average Bonchev–Trinajstić information content (AvgIpc) is 3.28. The van der Waals surface area contributed by atoms with Crippen molar-refractivity contribution in [3.05, 3.63) is 48.5 Å². The van der Waals surface area contributed by atoms with Crippen LogP contribution in [0.5, 0.6) is 0 Å². The highest BCUT2D eigenvalue weighted by Gasteiger charge is 2.26. The third-order valence-electron chi connectivity index (χ3n) is 3.99. The van der Waals surface area contributed by atoms with Gasteiger partial charge in [-0.3, -0.25) is 5.43 Å². The molecule has 7 nitrogen and oxygen atoms in total. The summed E-state index contributed by atoms with van der Waals surface area (Å²) in [5.41, 5.74) is 7.91. The molecule has 110 valence electrons. The number of anilines is 1. The molecule has 2 aliphatic rings. The van der Waals surface area contributed by atoms with Crippen molar-refractivity contribution in [1.29, 1.82) is 0 Å². The molecular weight excluding hydrogens is 296 g/mol. The van der Waals surface area contributed by atoms with Crippen molar-refractivity contribution in [2.24, 2.45) is 0 Å². The van der Waals surface area contributed by atoms with Gasteiger partial charge in [-0.2, -0.15) is 4.98 Å². The second-order valence-electron chi connectivity index (χ2n) is 5.40. The van der Waals surface area contributed by atoms with Crippen LogP contribution in [0.3, 0.4) is 0 Å². The molecule has 0 radical (unpaired) electrons. The molecule has 23 heavy (non-hydrogen) atoms. The number of hydrogen-bond donors (Lipinski definition) is 1. The normalized spacial score (nSPS) is 15.0. The van der Waals surface area contributed by atoms with E-state index in [-0.39, 0.29) is 0 Å². The van der Waals surface area contributed by atoms with Crippen LogP contribution in [0, 0.1) is 0 Å².